The standard InChI is InChI=1S/C11H20N2/c1-8(2)11(13-9(3)4)6-10(5)7-12/h8-9,11,13H,5-6H2,1-4H3. The van der Waals surface area contributed by atoms with Crippen LogP contribution in [0.1, 0.15) is 34.1 Å². The van der Waals surface area contributed by atoms with E-state index in [1.807, 2.05) is 0 Å². The van der Waals surface area contributed by atoms with Crippen molar-refractivity contribution in [3.05, 3.63) is 12.2 Å². The molecule has 0 radical (unpaired) electrons. The van der Waals surface area contributed by atoms with Gasteiger partial charge in [-0.2, -0.15) is 5.26 Å². The lowest BCUT2D eigenvalue weighted by Gasteiger charge is -2.24. The molecule has 0 aliphatic heterocycles. The number of hydrogen-bond acceptors (Lipinski definition) is 2. The highest BCUT2D eigenvalue weighted by atomic mass is 14.9. The van der Waals surface area contributed by atoms with Crippen molar-refractivity contribution in [1.29, 1.82) is 5.26 Å². The van der Waals surface area contributed by atoms with Crippen LogP contribution < -0.4 is 5.32 Å². The summed E-state index contributed by atoms with van der Waals surface area (Å²) in [5.41, 5.74) is 0.659. The molecule has 0 fully saturated rings. The van der Waals surface area contributed by atoms with Crippen LogP contribution in [-0.2, 0) is 0 Å². The van der Waals surface area contributed by atoms with Crippen LogP contribution in [0.15, 0.2) is 12.2 Å². The Bertz CT molecular complexity index is 199. The Morgan fingerprint density at radius 1 is 1.38 bits per heavy atom. The fourth-order valence-corrected chi connectivity index (χ4v) is 1.23. The van der Waals surface area contributed by atoms with Crippen LogP contribution in [0.3, 0.4) is 0 Å². The molecule has 0 saturated heterocycles. The van der Waals surface area contributed by atoms with E-state index in [0.717, 1.165) is 6.42 Å². The minimum Gasteiger partial charge on any atom is -0.311 e. The topological polar surface area (TPSA) is 35.8 Å². The fourth-order valence-electron chi connectivity index (χ4n) is 1.23. The van der Waals surface area contributed by atoms with E-state index in [-0.39, 0.29) is 0 Å². The molecule has 74 valence electrons. The second-order valence-corrected chi connectivity index (χ2v) is 4.09. The van der Waals surface area contributed by atoms with Gasteiger partial charge < -0.3 is 5.32 Å². The van der Waals surface area contributed by atoms with Gasteiger partial charge in [0.15, 0.2) is 0 Å². The zero-order chi connectivity index (χ0) is 10.4. The summed E-state index contributed by atoms with van der Waals surface area (Å²) in [4.78, 5) is 0. The molecule has 0 aliphatic carbocycles. The molecular formula is C11H20N2. The molecule has 0 aromatic carbocycles. The fraction of sp³-hybridized carbons (Fsp3) is 0.727. The van der Waals surface area contributed by atoms with Gasteiger partial charge in [-0.15, -0.1) is 0 Å². The molecular weight excluding hydrogens is 160 g/mol. The van der Waals surface area contributed by atoms with Crippen molar-refractivity contribution in [3.8, 4) is 6.07 Å². The highest BCUT2D eigenvalue weighted by molar-refractivity contribution is 5.17. The molecule has 1 atom stereocenters. The molecule has 0 rings (SSSR count). The summed E-state index contributed by atoms with van der Waals surface area (Å²) in [7, 11) is 0. The van der Waals surface area contributed by atoms with E-state index in [0.29, 0.717) is 23.6 Å². The first-order chi connectivity index (χ1) is 5.97. The minimum atomic E-state index is 0.368. The normalized spacial score (nSPS) is 13.0. The van der Waals surface area contributed by atoms with Gasteiger partial charge in [0.25, 0.3) is 0 Å². The SMILES string of the molecule is C=C(C#N)CC(NC(C)C)C(C)C. The third-order valence-corrected chi connectivity index (χ3v) is 1.98. The molecule has 0 saturated carbocycles. The molecule has 13 heavy (non-hydrogen) atoms. The Labute approximate surface area is 81.6 Å². The molecule has 0 spiro atoms. The number of nitrogens with zero attached hydrogens (tertiary/aromatic N) is 1. The van der Waals surface area contributed by atoms with Gasteiger partial charge in [0.2, 0.25) is 0 Å². The Kier molecular flexibility index (Phi) is 5.41. The molecule has 0 aromatic rings. The highest BCUT2D eigenvalue weighted by Crippen LogP contribution is 2.11. The van der Waals surface area contributed by atoms with Crippen molar-refractivity contribution in [3.63, 3.8) is 0 Å². The Morgan fingerprint density at radius 2 is 1.92 bits per heavy atom. The van der Waals surface area contributed by atoms with Gasteiger partial charge in [-0.05, 0) is 12.3 Å². The van der Waals surface area contributed by atoms with Crippen molar-refractivity contribution in [1.82, 2.24) is 5.32 Å². The number of hydrogen-bond donors (Lipinski definition) is 1. The second kappa shape index (κ2) is 5.77. The van der Waals surface area contributed by atoms with E-state index < -0.39 is 0 Å². The van der Waals surface area contributed by atoms with Crippen molar-refractivity contribution >= 4 is 0 Å². The summed E-state index contributed by atoms with van der Waals surface area (Å²) in [6, 6.07) is 2.91. The molecule has 1 unspecified atom stereocenters. The van der Waals surface area contributed by atoms with Crippen LogP contribution in [0.4, 0.5) is 0 Å². The van der Waals surface area contributed by atoms with Gasteiger partial charge in [-0.3, -0.25) is 0 Å². The average molecular weight is 180 g/mol. The van der Waals surface area contributed by atoms with Gasteiger partial charge in [0.1, 0.15) is 0 Å². The molecule has 0 aliphatic rings. The molecule has 0 amide bonds. The smallest absolute Gasteiger partial charge is 0.0941 e. The van der Waals surface area contributed by atoms with Crippen LogP contribution in [0.2, 0.25) is 0 Å². The maximum atomic E-state index is 8.62. The summed E-state index contributed by atoms with van der Waals surface area (Å²) in [6.45, 7) is 12.2. The number of nitrogens with one attached hydrogen (secondary N) is 1. The van der Waals surface area contributed by atoms with Crippen molar-refractivity contribution < 1.29 is 0 Å². The first kappa shape index (κ1) is 12.2. The van der Waals surface area contributed by atoms with E-state index in [4.69, 9.17) is 5.26 Å². The van der Waals surface area contributed by atoms with Crippen LogP contribution in [0.25, 0.3) is 0 Å². The quantitative estimate of drug-likeness (QED) is 0.660. The Hall–Kier alpha value is -0.810. The lowest BCUT2D eigenvalue weighted by Crippen LogP contribution is -2.38. The first-order valence-corrected chi connectivity index (χ1v) is 4.81. The van der Waals surface area contributed by atoms with Gasteiger partial charge in [-0.25, -0.2) is 0 Å². The van der Waals surface area contributed by atoms with E-state index in [1.54, 1.807) is 0 Å². The Morgan fingerprint density at radius 3 is 2.23 bits per heavy atom. The maximum absolute atomic E-state index is 8.62. The molecule has 0 aromatic heterocycles. The van der Waals surface area contributed by atoms with Crippen molar-refractivity contribution in [2.24, 2.45) is 5.92 Å². The van der Waals surface area contributed by atoms with E-state index in [9.17, 15) is 0 Å². The zero-order valence-corrected chi connectivity index (χ0v) is 9.09. The van der Waals surface area contributed by atoms with Gasteiger partial charge >= 0.3 is 0 Å². The minimum absolute atomic E-state index is 0.368. The van der Waals surface area contributed by atoms with Crippen molar-refractivity contribution in [2.45, 2.75) is 46.2 Å². The first-order valence-electron chi connectivity index (χ1n) is 4.81. The predicted octanol–water partition coefficient (Wildman–Crippen LogP) is 2.48. The van der Waals surface area contributed by atoms with E-state index in [1.165, 1.54) is 0 Å². The zero-order valence-electron chi connectivity index (χ0n) is 9.09. The van der Waals surface area contributed by atoms with E-state index in [2.05, 4.69) is 45.7 Å². The lowest BCUT2D eigenvalue weighted by molar-refractivity contribution is 0.370. The van der Waals surface area contributed by atoms with Gasteiger partial charge in [-0.1, -0.05) is 34.3 Å². The number of nitriles is 1. The summed E-state index contributed by atoms with van der Waals surface area (Å²) in [6.07, 6.45) is 0.756. The number of rotatable bonds is 5. The summed E-state index contributed by atoms with van der Waals surface area (Å²) in [5, 5.41) is 12.1. The van der Waals surface area contributed by atoms with E-state index >= 15 is 0 Å². The molecule has 0 heterocycles. The third-order valence-electron chi connectivity index (χ3n) is 1.98. The highest BCUT2D eigenvalue weighted by Gasteiger charge is 2.14. The summed E-state index contributed by atoms with van der Waals surface area (Å²) in [5.74, 6) is 0.535. The van der Waals surface area contributed by atoms with Crippen LogP contribution in [-0.4, -0.2) is 12.1 Å². The largest absolute Gasteiger partial charge is 0.311 e. The van der Waals surface area contributed by atoms with Crippen LogP contribution in [0.5, 0.6) is 0 Å². The van der Waals surface area contributed by atoms with Gasteiger partial charge in [0, 0.05) is 17.7 Å². The summed E-state index contributed by atoms with van der Waals surface area (Å²) >= 11 is 0. The predicted molar refractivity (Wildman–Crippen MR) is 56.3 cm³/mol. The molecule has 0 bridgehead atoms. The van der Waals surface area contributed by atoms with Crippen LogP contribution >= 0.6 is 0 Å². The maximum Gasteiger partial charge on any atom is 0.0941 e. The molecule has 2 nitrogen and oxygen atoms in total. The monoisotopic (exact) mass is 180 g/mol. The Balaban J connectivity index is 4.12. The second-order valence-electron chi connectivity index (χ2n) is 4.09. The van der Waals surface area contributed by atoms with Crippen LogP contribution in [0, 0.1) is 17.2 Å². The molecule has 1 N–H and O–H groups in total. The molecule has 2 heteroatoms. The van der Waals surface area contributed by atoms with Gasteiger partial charge in [0.05, 0.1) is 6.07 Å². The third kappa shape index (κ3) is 5.43. The summed E-state index contributed by atoms with van der Waals surface area (Å²) < 4.78 is 0. The average Bonchev–Trinajstić information content (AvgIpc) is 2.02. The lowest BCUT2D eigenvalue weighted by atomic mass is 9.97. The van der Waals surface area contributed by atoms with Crippen molar-refractivity contribution in [2.75, 3.05) is 0 Å².